The summed E-state index contributed by atoms with van der Waals surface area (Å²) in [6.45, 7) is 8.74. The molecule has 3 heteroatoms. The Morgan fingerprint density at radius 1 is 1.40 bits per heavy atom. The van der Waals surface area contributed by atoms with Crippen LogP contribution in [0.3, 0.4) is 0 Å². The molecule has 1 N–H and O–H groups in total. The summed E-state index contributed by atoms with van der Waals surface area (Å²) in [6, 6.07) is 1.18. The van der Waals surface area contributed by atoms with E-state index in [-0.39, 0.29) is 0 Å². The maximum absolute atomic E-state index is 4.55. The lowest BCUT2D eigenvalue weighted by atomic mass is 10.1. The first-order valence-electron chi connectivity index (χ1n) is 5.90. The fourth-order valence-electron chi connectivity index (χ4n) is 1.62. The van der Waals surface area contributed by atoms with E-state index in [9.17, 15) is 0 Å². The predicted octanol–water partition coefficient (Wildman–Crippen LogP) is 2.98. The van der Waals surface area contributed by atoms with Crippen LogP contribution in [0.15, 0.2) is 6.20 Å². The van der Waals surface area contributed by atoms with Crippen LogP contribution in [0.2, 0.25) is 0 Å². The van der Waals surface area contributed by atoms with Crippen LogP contribution in [0.1, 0.15) is 45.3 Å². The number of imidazole rings is 1. The summed E-state index contributed by atoms with van der Waals surface area (Å²) < 4.78 is 2.30. The molecule has 0 bridgehead atoms. The molecule has 1 aliphatic rings. The van der Waals surface area contributed by atoms with Gasteiger partial charge in [0.05, 0.1) is 5.69 Å². The van der Waals surface area contributed by atoms with Crippen molar-refractivity contribution in [3.05, 3.63) is 11.9 Å². The topological polar surface area (TPSA) is 29.9 Å². The first-order chi connectivity index (χ1) is 7.08. The van der Waals surface area contributed by atoms with Gasteiger partial charge in [-0.1, -0.05) is 13.8 Å². The second-order valence-corrected chi connectivity index (χ2v) is 5.02. The molecular formula is C12H21N3. The molecule has 1 saturated carbocycles. The van der Waals surface area contributed by atoms with E-state index in [0.29, 0.717) is 18.0 Å². The number of anilines is 1. The second kappa shape index (κ2) is 3.87. The third-order valence-corrected chi connectivity index (χ3v) is 3.15. The van der Waals surface area contributed by atoms with E-state index in [1.165, 1.54) is 12.8 Å². The van der Waals surface area contributed by atoms with Gasteiger partial charge in [0.25, 0.3) is 0 Å². The van der Waals surface area contributed by atoms with Crippen LogP contribution in [0, 0.1) is 12.8 Å². The number of hydrogen-bond donors (Lipinski definition) is 1. The van der Waals surface area contributed by atoms with Crippen molar-refractivity contribution in [2.75, 3.05) is 5.32 Å². The Morgan fingerprint density at radius 3 is 2.60 bits per heavy atom. The maximum atomic E-state index is 4.55. The minimum atomic E-state index is 0.476. The highest BCUT2D eigenvalue weighted by atomic mass is 15.2. The second-order valence-electron chi connectivity index (χ2n) is 5.02. The molecule has 1 fully saturated rings. The van der Waals surface area contributed by atoms with Gasteiger partial charge in [0.2, 0.25) is 5.95 Å². The predicted molar refractivity (Wildman–Crippen MR) is 63.2 cm³/mol. The lowest BCUT2D eigenvalue weighted by Crippen LogP contribution is -2.23. The minimum absolute atomic E-state index is 0.476. The Balaban J connectivity index is 2.12. The monoisotopic (exact) mass is 207 g/mol. The van der Waals surface area contributed by atoms with Crippen LogP contribution in [0.25, 0.3) is 0 Å². The van der Waals surface area contributed by atoms with E-state index in [0.717, 1.165) is 11.6 Å². The molecule has 0 radical (unpaired) electrons. The fourth-order valence-corrected chi connectivity index (χ4v) is 1.62. The van der Waals surface area contributed by atoms with Gasteiger partial charge in [-0.25, -0.2) is 4.98 Å². The van der Waals surface area contributed by atoms with Crippen molar-refractivity contribution in [3.8, 4) is 0 Å². The van der Waals surface area contributed by atoms with Gasteiger partial charge in [-0.2, -0.15) is 0 Å². The number of aryl methyl sites for hydroxylation is 1. The molecular weight excluding hydrogens is 186 g/mol. The molecule has 84 valence electrons. The molecule has 0 saturated heterocycles. The van der Waals surface area contributed by atoms with Gasteiger partial charge in [0.1, 0.15) is 0 Å². The summed E-state index contributed by atoms with van der Waals surface area (Å²) in [4.78, 5) is 4.55. The minimum Gasteiger partial charge on any atom is -0.353 e. The van der Waals surface area contributed by atoms with Crippen LogP contribution in [0.4, 0.5) is 5.95 Å². The normalized spacial score (nSPS) is 18.2. The van der Waals surface area contributed by atoms with Crippen molar-refractivity contribution in [1.29, 1.82) is 0 Å². The van der Waals surface area contributed by atoms with E-state index in [4.69, 9.17) is 0 Å². The molecule has 1 heterocycles. The van der Waals surface area contributed by atoms with Crippen LogP contribution < -0.4 is 5.32 Å². The molecule has 0 aromatic carbocycles. The summed E-state index contributed by atoms with van der Waals surface area (Å²) >= 11 is 0. The third-order valence-electron chi connectivity index (χ3n) is 3.15. The van der Waals surface area contributed by atoms with Crippen molar-refractivity contribution >= 4 is 5.95 Å². The molecule has 0 aliphatic heterocycles. The Kier molecular flexibility index (Phi) is 2.72. The molecule has 1 aromatic heterocycles. The standard InChI is InChI=1S/C12H21N3/c1-8(2)10(4)14-12-13-9(3)7-15(12)11-5-6-11/h7-8,10-11H,5-6H2,1-4H3,(H,13,14). The molecule has 2 rings (SSSR count). The van der Waals surface area contributed by atoms with Gasteiger partial charge >= 0.3 is 0 Å². The largest absolute Gasteiger partial charge is 0.353 e. The molecule has 3 nitrogen and oxygen atoms in total. The van der Waals surface area contributed by atoms with Crippen molar-refractivity contribution in [2.45, 2.75) is 52.6 Å². The zero-order valence-electron chi connectivity index (χ0n) is 10.1. The molecule has 1 aromatic rings. The zero-order chi connectivity index (χ0) is 11.0. The highest BCUT2D eigenvalue weighted by Crippen LogP contribution is 2.37. The van der Waals surface area contributed by atoms with Crippen molar-refractivity contribution in [3.63, 3.8) is 0 Å². The van der Waals surface area contributed by atoms with Gasteiger partial charge in [-0.15, -0.1) is 0 Å². The molecule has 1 unspecified atom stereocenters. The van der Waals surface area contributed by atoms with Crippen LogP contribution in [-0.4, -0.2) is 15.6 Å². The molecule has 1 atom stereocenters. The van der Waals surface area contributed by atoms with Crippen LogP contribution in [-0.2, 0) is 0 Å². The SMILES string of the molecule is Cc1cn(C2CC2)c(NC(C)C(C)C)n1. The van der Waals surface area contributed by atoms with E-state index in [1.54, 1.807) is 0 Å². The lowest BCUT2D eigenvalue weighted by molar-refractivity contribution is 0.551. The summed E-state index contributed by atoms with van der Waals surface area (Å²) in [5.74, 6) is 1.69. The van der Waals surface area contributed by atoms with Crippen molar-refractivity contribution in [2.24, 2.45) is 5.92 Å². The molecule has 0 spiro atoms. The first kappa shape index (κ1) is 10.5. The zero-order valence-corrected chi connectivity index (χ0v) is 10.1. The molecule has 1 aliphatic carbocycles. The summed E-state index contributed by atoms with van der Waals surface area (Å²) in [6.07, 6.45) is 4.77. The lowest BCUT2D eigenvalue weighted by Gasteiger charge is -2.18. The fraction of sp³-hybridized carbons (Fsp3) is 0.750. The highest BCUT2D eigenvalue weighted by molar-refractivity contribution is 5.31. The van der Waals surface area contributed by atoms with Gasteiger partial charge in [-0.05, 0) is 32.6 Å². The van der Waals surface area contributed by atoms with Crippen molar-refractivity contribution < 1.29 is 0 Å². The average Bonchev–Trinajstić information content (AvgIpc) is 2.92. The Hall–Kier alpha value is -0.990. The Bertz CT molecular complexity index is 337. The van der Waals surface area contributed by atoms with Crippen molar-refractivity contribution in [1.82, 2.24) is 9.55 Å². The first-order valence-corrected chi connectivity index (χ1v) is 5.90. The van der Waals surface area contributed by atoms with E-state index in [2.05, 4.69) is 48.8 Å². The van der Waals surface area contributed by atoms with Gasteiger partial charge in [0.15, 0.2) is 0 Å². The maximum Gasteiger partial charge on any atom is 0.203 e. The third kappa shape index (κ3) is 2.33. The number of aromatic nitrogens is 2. The van der Waals surface area contributed by atoms with Crippen LogP contribution >= 0.6 is 0 Å². The molecule has 0 amide bonds. The summed E-state index contributed by atoms with van der Waals surface area (Å²) in [5.41, 5.74) is 1.11. The van der Waals surface area contributed by atoms with E-state index >= 15 is 0 Å². The van der Waals surface area contributed by atoms with Gasteiger partial charge in [0, 0.05) is 18.3 Å². The van der Waals surface area contributed by atoms with E-state index in [1.807, 2.05) is 0 Å². The Labute approximate surface area is 91.9 Å². The number of rotatable bonds is 4. The Morgan fingerprint density at radius 2 is 2.07 bits per heavy atom. The number of nitrogens with zero attached hydrogens (tertiary/aromatic N) is 2. The highest BCUT2D eigenvalue weighted by Gasteiger charge is 2.26. The number of nitrogens with one attached hydrogen (secondary N) is 1. The van der Waals surface area contributed by atoms with Gasteiger partial charge in [-0.3, -0.25) is 0 Å². The quantitative estimate of drug-likeness (QED) is 0.822. The van der Waals surface area contributed by atoms with Gasteiger partial charge < -0.3 is 9.88 Å². The number of hydrogen-bond acceptors (Lipinski definition) is 2. The average molecular weight is 207 g/mol. The van der Waals surface area contributed by atoms with E-state index < -0.39 is 0 Å². The van der Waals surface area contributed by atoms with Crippen LogP contribution in [0.5, 0.6) is 0 Å². The smallest absolute Gasteiger partial charge is 0.203 e. The summed E-state index contributed by atoms with van der Waals surface area (Å²) in [7, 11) is 0. The molecule has 15 heavy (non-hydrogen) atoms. The summed E-state index contributed by atoms with van der Waals surface area (Å²) in [5, 5.41) is 3.50.